The van der Waals surface area contributed by atoms with Gasteiger partial charge in [-0.25, -0.2) is 0 Å². The van der Waals surface area contributed by atoms with Gasteiger partial charge in [-0.3, -0.25) is 9.59 Å². The van der Waals surface area contributed by atoms with Crippen molar-refractivity contribution in [2.75, 3.05) is 33.4 Å². The number of hydrogen-bond acceptors (Lipinski definition) is 3. The summed E-state index contributed by atoms with van der Waals surface area (Å²) in [6.45, 7) is 0.0525. The molecule has 17 heavy (non-hydrogen) atoms. The lowest BCUT2D eigenvalue weighted by atomic mass is 10.3. The molecular formula is C11H18N4O2. The molecule has 0 unspecified atom stereocenters. The minimum Gasteiger partial charge on any atom is -0.397 e. The summed E-state index contributed by atoms with van der Waals surface area (Å²) in [4.78, 5) is 26.3. The van der Waals surface area contributed by atoms with Crippen LogP contribution < -0.4 is 5.73 Å². The van der Waals surface area contributed by atoms with E-state index in [4.69, 9.17) is 5.73 Å². The average molecular weight is 238 g/mol. The quantitative estimate of drug-likeness (QED) is 0.790. The molecule has 0 saturated heterocycles. The number of nitrogen functional groups attached to an aromatic ring is 1. The van der Waals surface area contributed by atoms with Crippen molar-refractivity contribution in [3.63, 3.8) is 0 Å². The van der Waals surface area contributed by atoms with Gasteiger partial charge in [0.25, 0.3) is 5.91 Å². The van der Waals surface area contributed by atoms with E-state index >= 15 is 0 Å². The molecule has 1 rings (SSSR count). The highest BCUT2D eigenvalue weighted by molar-refractivity contribution is 5.95. The van der Waals surface area contributed by atoms with E-state index in [0.29, 0.717) is 11.4 Å². The molecule has 0 fully saturated rings. The van der Waals surface area contributed by atoms with Crippen LogP contribution in [0.4, 0.5) is 5.69 Å². The van der Waals surface area contributed by atoms with Gasteiger partial charge >= 0.3 is 0 Å². The van der Waals surface area contributed by atoms with Gasteiger partial charge in [-0.15, -0.1) is 0 Å². The first-order valence-corrected chi connectivity index (χ1v) is 5.20. The van der Waals surface area contributed by atoms with Crippen LogP contribution >= 0.6 is 0 Å². The van der Waals surface area contributed by atoms with Gasteiger partial charge in [0.2, 0.25) is 5.91 Å². The van der Waals surface area contributed by atoms with Crippen LogP contribution in [0, 0.1) is 0 Å². The smallest absolute Gasteiger partial charge is 0.270 e. The zero-order valence-corrected chi connectivity index (χ0v) is 10.6. The maximum atomic E-state index is 12.0. The van der Waals surface area contributed by atoms with Gasteiger partial charge in [-0.2, -0.15) is 0 Å². The summed E-state index contributed by atoms with van der Waals surface area (Å²) in [6, 6.07) is 1.60. The van der Waals surface area contributed by atoms with E-state index in [1.165, 1.54) is 9.80 Å². The van der Waals surface area contributed by atoms with Crippen molar-refractivity contribution >= 4 is 17.5 Å². The number of carbonyl (C=O) groups is 2. The number of aromatic nitrogens is 1. The highest BCUT2D eigenvalue weighted by atomic mass is 16.2. The normalized spacial score (nSPS) is 10.1. The van der Waals surface area contributed by atoms with Crippen molar-refractivity contribution in [2.24, 2.45) is 7.05 Å². The number of nitrogens with zero attached hydrogens (tertiary/aromatic N) is 3. The van der Waals surface area contributed by atoms with E-state index in [-0.39, 0.29) is 18.4 Å². The highest BCUT2D eigenvalue weighted by Gasteiger charge is 2.18. The third-order valence-corrected chi connectivity index (χ3v) is 2.46. The molecule has 0 radical (unpaired) electrons. The number of nitrogens with two attached hydrogens (primary N) is 1. The molecule has 0 aromatic carbocycles. The van der Waals surface area contributed by atoms with Crippen molar-refractivity contribution in [3.8, 4) is 0 Å². The first-order chi connectivity index (χ1) is 7.82. The Hall–Kier alpha value is -1.98. The van der Waals surface area contributed by atoms with Gasteiger partial charge in [-0.05, 0) is 6.07 Å². The molecule has 6 nitrogen and oxygen atoms in total. The summed E-state index contributed by atoms with van der Waals surface area (Å²) in [5.41, 5.74) is 6.60. The highest BCUT2D eigenvalue weighted by Crippen LogP contribution is 2.10. The minimum atomic E-state index is -0.223. The number of rotatable bonds is 3. The summed E-state index contributed by atoms with van der Waals surface area (Å²) in [6.07, 6.45) is 1.66. The van der Waals surface area contributed by atoms with Crippen molar-refractivity contribution in [1.82, 2.24) is 14.4 Å². The van der Waals surface area contributed by atoms with Gasteiger partial charge < -0.3 is 20.1 Å². The average Bonchev–Trinajstić information content (AvgIpc) is 2.56. The Morgan fingerprint density at radius 1 is 1.35 bits per heavy atom. The minimum absolute atomic E-state index is 0.0525. The Morgan fingerprint density at radius 2 is 1.94 bits per heavy atom. The molecule has 0 saturated carbocycles. The van der Waals surface area contributed by atoms with Crippen LogP contribution in [-0.2, 0) is 11.8 Å². The van der Waals surface area contributed by atoms with Crippen LogP contribution in [0.5, 0.6) is 0 Å². The second kappa shape index (κ2) is 4.90. The van der Waals surface area contributed by atoms with E-state index in [0.717, 1.165) is 0 Å². The lowest BCUT2D eigenvalue weighted by Crippen LogP contribution is -2.38. The second-order valence-electron chi connectivity index (χ2n) is 4.22. The van der Waals surface area contributed by atoms with E-state index in [2.05, 4.69) is 0 Å². The summed E-state index contributed by atoms with van der Waals surface area (Å²) >= 11 is 0. The fraction of sp³-hybridized carbons (Fsp3) is 0.455. The molecule has 0 bridgehead atoms. The van der Waals surface area contributed by atoms with Gasteiger partial charge in [0.1, 0.15) is 5.69 Å². The predicted octanol–water partition coefficient (Wildman–Crippen LogP) is -0.232. The number of hydrogen-bond donors (Lipinski definition) is 1. The zero-order chi connectivity index (χ0) is 13.2. The van der Waals surface area contributed by atoms with Gasteiger partial charge in [0, 0.05) is 34.4 Å². The number of anilines is 1. The first kappa shape index (κ1) is 13.1. The number of likely N-dealkylation sites (N-methyl/N-ethyl adjacent to an activating group) is 2. The Morgan fingerprint density at radius 3 is 2.35 bits per heavy atom. The number of amides is 2. The summed E-state index contributed by atoms with van der Waals surface area (Å²) < 4.78 is 1.65. The number of carbonyl (C=O) groups excluding carboxylic acids is 2. The predicted molar refractivity (Wildman–Crippen MR) is 65.5 cm³/mol. The SMILES string of the molecule is CN(C)C(=O)CN(C)C(=O)c1cc(N)cn1C. The monoisotopic (exact) mass is 238 g/mol. The van der Waals surface area contributed by atoms with Gasteiger partial charge in [-0.1, -0.05) is 0 Å². The molecule has 0 aliphatic rings. The topological polar surface area (TPSA) is 71.6 Å². The Balaban J connectivity index is 2.77. The van der Waals surface area contributed by atoms with E-state index in [1.807, 2.05) is 0 Å². The molecule has 2 N–H and O–H groups in total. The summed E-state index contributed by atoms with van der Waals surface area (Å²) in [5, 5.41) is 0. The van der Waals surface area contributed by atoms with Crippen LogP contribution in [0.25, 0.3) is 0 Å². The lowest BCUT2D eigenvalue weighted by Gasteiger charge is -2.19. The molecule has 0 aliphatic carbocycles. The Kier molecular flexibility index (Phi) is 3.77. The standard InChI is InChI=1S/C11H18N4O2/c1-13(2)10(16)7-15(4)11(17)9-5-8(12)6-14(9)3/h5-6H,7,12H2,1-4H3. The van der Waals surface area contributed by atoms with Gasteiger partial charge in [0.05, 0.1) is 12.2 Å². The van der Waals surface area contributed by atoms with Crippen molar-refractivity contribution < 1.29 is 9.59 Å². The largest absolute Gasteiger partial charge is 0.397 e. The fourth-order valence-corrected chi connectivity index (χ4v) is 1.41. The van der Waals surface area contributed by atoms with Crippen LogP contribution in [0.15, 0.2) is 12.3 Å². The number of aryl methyl sites for hydroxylation is 1. The molecule has 2 amide bonds. The zero-order valence-electron chi connectivity index (χ0n) is 10.6. The van der Waals surface area contributed by atoms with E-state index in [9.17, 15) is 9.59 Å². The lowest BCUT2D eigenvalue weighted by molar-refractivity contribution is -0.129. The molecular weight excluding hydrogens is 220 g/mol. The van der Waals surface area contributed by atoms with Crippen molar-refractivity contribution in [1.29, 1.82) is 0 Å². The Labute approximate surface area is 101 Å². The van der Waals surface area contributed by atoms with Crippen LogP contribution in [-0.4, -0.2) is 53.9 Å². The first-order valence-electron chi connectivity index (χ1n) is 5.20. The molecule has 6 heteroatoms. The van der Waals surface area contributed by atoms with Crippen LogP contribution in [0.3, 0.4) is 0 Å². The molecule has 1 heterocycles. The third kappa shape index (κ3) is 2.99. The van der Waals surface area contributed by atoms with Crippen LogP contribution in [0.1, 0.15) is 10.5 Å². The maximum absolute atomic E-state index is 12.0. The van der Waals surface area contributed by atoms with Crippen molar-refractivity contribution in [2.45, 2.75) is 0 Å². The van der Waals surface area contributed by atoms with E-state index < -0.39 is 0 Å². The molecule has 0 spiro atoms. The molecule has 94 valence electrons. The van der Waals surface area contributed by atoms with E-state index in [1.54, 1.807) is 45.0 Å². The molecule has 1 aromatic heterocycles. The third-order valence-electron chi connectivity index (χ3n) is 2.46. The fourth-order valence-electron chi connectivity index (χ4n) is 1.41. The molecule has 1 aromatic rings. The van der Waals surface area contributed by atoms with Crippen molar-refractivity contribution in [3.05, 3.63) is 18.0 Å². The summed E-state index contributed by atoms with van der Waals surface area (Å²) in [5.74, 6) is -0.345. The maximum Gasteiger partial charge on any atom is 0.270 e. The summed E-state index contributed by atoms with van der Waals surface area (Å²) in [7, 11) is 6.64. The molecule has 0 aliphatic heterocycles. The van der Waals surface area contributed by atoms with Gasteiger partial charge in [0.15, 0.2) is 0 Å². The Bertz CT molecular complexity index is 437. The van der Waals surface area contributed by atoms with Crippen LogP contribution in [0.2, 0.25) is 0 Å². The molecule has 0 atom stereocenters. The second-order valence-corrected chi connectivity index (χ2v) is 4.22.